The van der Waals surface area contributed by atoms with E-state index >= 15 is 0 Å². The van der Waals surface area contributed by atoms with Gasteiger partial charge in [0.25, 0.3) is 5.91 Å². The van der Waals surface area contributed by atoms with Crippen LogP contribution in [0.1, 0.15) is 35.7 Å². The number of hydrogen-bond donors (Lipinski definition) is 1. The van der Waals surface area contributed by atoms with E-state index in [1.165, 1.54) is 0 Å². The molecule has 0 radical (unpaired) electrons. The monoisotopic (exact) mass is 312 g/mol. The van der Waals surface area contributed by atoms with Crippen molar-refractivity contribution in [3.8, 4) is 11.1 Å². The number of aryl methyl sites for hydroxylation is 2. The maximum absolute atomic E-state index is 12.4. The van der Waals surface area contributed by atoms with Crippen LogP contribution in [-0.2, 0) is 0 Å². The molecule has 5 nitrogen and oxygen atoms in total. The highest BCUT2D eigenvalue weighted by Gasteiger charge is 2.19. The van der Waals surface area contributed by atoms with Gasteiger partial charge >= 0.3 is 0 Å². The minimum absolute atomic E-state index is 0.121. The number of carbonyl (C=O) groups excluding carboxylic acids is 1. The first-order valence-electron chi connectivity index (χ1n) is 7.70. The molecule has 0 spiro atoms. The summed E-state index contributed by atoms with van der Waals surface area (Å²) in [5.41, 5.74) is 3.86. The van der Waals surface area contributed by atoms with Crippen molar-refractivity contribution in [2.45, 2.75) is 27.7 Å². The Morgan fingerprint density at radius 1 is 1.26 bits per heavy atom. The first-order chi connectivity index (χ1) is 11.0. The van der Waals surface area contributed by atoms with Gasteiger partial charge < -0.3 is 14.3 Å². The van der Waals surface area contributed by atoms with E-state index in [0.29, 0.717) is 23.6 Å². The molecule has 0 aliphatic carbocycles. The molecule has 2 heterocycles. The second kappa shape index (κ2) is 5.91. The Morgan fingerprint density at radius 2 is 2.04 bits per heavy atom. The van der Waals surface area contributed by atoms with Crippen molar-refractivity contribution in [2.24, 2.45) is 5.92 Å². The molecule has 1 N–H and O–H groups in total. The highest BCUT2D eigenvalue weighted by molar-refractivity contribution is 6.09. The number of carbonyl (C=O) groups is 1. The molecule has 0 saturated heterocycles. The summed E-state index contributed by atoms with van der Waals surface area (Å²) < 4.78 is 10.8. The van der Waals surface area contributed by atoms with Gasteiger partial charge in [-0.25, -0.2) is 0 Å². The summed E-state index contributed by atoms with van der Waals surface area (Å²) in [5, 5.41) is 7.82. The van der Waals surface area contributed by atoms with Gasteiger partial charge in [-0.2, -0.15) is 0 Å². The molecule has 120 valence electrons. The molecule has 0 atom stereocenters. The lowest BCUT2D eigenvalue weighted by atomic mass is 9.98. The molecule has 5 heteroatoms. The molecule has 1 aromatic carbocycles. The second-order valence-corrected chi connectivity index (χ2v) is 6.13. The average molecular weight is 312 g/mol. The smallest absolute Gasteiger partial charge is 0.255 e. The van der Waals surface area contributed by atoms with Crippen molar-refractivity contribution in [1.82, 2.24) is 10.5 Å². The summed E-state index contributed by atoms with van der Waals surface area (Å²) in [6.45, 7) is 8.53. The van der Waals surface area contributed by atoms with E-state index in [1.54, 1.807) is 12.3 Å². The van der Waals surface area contributed by atoms with Crippen molar-refractivity contribution in [2.75, 3.05) is 6.54 Å². The van der Waals surface area contributed by atoms with E-state index in [9.17, 15) is 4.79 Å². The van der Waals surface area contributed by atoms with E-state index in [1.807, 2.05) is 26.0 Å². The zero-order valence-corrected chi connectivity index (χ0v) is 13.8. The van der Waals surface area contributed by atoms with E-state index in [4.69, 9.17) is 8.94 Å². The summed E-state index contributed by atoms with van der Waals surface area (Å²) in [4.78, 5) is 12.4. The molecular weight excluding hydrogens is 292 g/mol. The summed E-state index contributed by atoms with van der Waals surface area (Å²) in [6, 6.07) is 5.59. The fourth-order valence-corrected chi connectivity index (χ4v) is 2.72. The van der Waals surface area contributed by atoms with Gasteiger partial charge in [0, 0.05) is 17.5 Å². The van der Waals surface area contributed by atoms with Gasteiger partial charge in [0.15, 0.2) is 0 Å². The summed E-state index contributed by atoms with van der Waals surface area (Å²) in [5.74, 6) is 1.03. The first kappa shape index (κ1) is 15.3. The largest absolute Gasteiger partial charge is 0.463 e. The van der Waals surface area contributed by atoms with Crippen molar-refractivity contribution in [3.63, 3.8) is 0 Å². The summed E-state index contributed by atoms with van der Waals surface area (Å²) in [7, 11) is 0. The van der Waals surface area contributed by atoms with Crippen LogP contribution in [0.3, 0.4) is 0 Å². The number of aromatic nitrogens is 1. The van der Waals surface area contributed by atoms with Crippen LogP contribution in [0.25, 0.3) is 22.1 Å². The zero-order valence-electron chi connectivity index (χ0n) is 13.8. The topological polar surface area (TPSA) is 68.3 Å². The van der Waals surface area contributed by atoms with Crippen LogP contribution in [0.15, 0.2) is 33.4 Å². The van der Waals surface area contributed by atoms with Gasteiger partial charge in [-0.1, -0.05) is 25.1 Å². The minimum atomic E-state index is -0.121. The molecule has 0 bridgehead atoms. The lowest BCUT2D eigenvalue weighted by molar-refractivity contribution is 0.0949. The van der Waals surface area contributed by atoms with Gasteiger partial charge in [-0.3, -0.25) is 4.79 Å². The molecule has 23 heavy (non-hydrogen) atoms. The number of furan rings is 1. The van der Waals surface area contributed by atoms with Crippen LogP contribution < -0.4 is 5.32 Å². The van der Waals surface area contributed by atoms with E-state index in [2.05, 4.69) is 24.3 Å². The Labute approximate surface area is 134 Å². The number of nitrogens with one attached hydrogen (secondary N) is 1. The third kappa shape index (κ3) is 2.74. The SMILES string of the molecule is Cc1noc(C)c1-c1ccc(C(=O)NCC(C)C)c2occc12. The highest BCUT2D eigenvalue weighted by Crippen LogP contribution is 2.35. The Morgan fingerprint density at radius 3 is 2.70 bits per heavy atom. The Balaban J connectivity index is 2.07. The Hall–Kier alpha value is -2.56. The number of fused-ring (bicyclic) bond motifs is 1. The fourth-order valence-electron chi connectivity index (χ4n) is 2.72. The maximum Gasteiger partial charge on any atom is 0.255 e. The van der Waals surface area contributed by atoms with Crippen molar-refractivity contribution >= 4 is 16.9 Å². The predicted molar refractivity (Wildman–Crippen MR) is 88.4 cm³/mol. The van der Waals surface area contributed by atoms with Crippen LogP contribution in [-0.4, -0.2) is 17.6 Å². The lowest BCUT2D eigenvalue weighted by Crippen LogP contribution is -2.27. The summed E-state index contributed by atoms with van der Waals surface area (Å²) >= 11 is 0. The zero-order chi connectivity index (χ0) is 16.6. The number of hydrogen-bond acceptors (Lipinski definition) is 4. The molecule has 0 aliphatic heterocycles. The van der Waals surface area contributed by atoms with Gasteiger partial charge in [0.05, 0.1) is 17.5 Å². The number of nitrogens with zero attached hydrogens (tertiary/aromatic N) is 1. The number of amides is 1. The Kier molecular flexibility index (Phi) is 3.94. The number of benzene rings is 1. The van der Waals surface area contributed by atoms with Crippen LogP contribution in [0.4, 0.5) is 0 Å². The van der Waals surface area contributed by atoms with Crippen molar-refractivity contribution in [1.29, 1.82) is 0 Å². The van der Waals surface area contributed by atoms with Crippen LogP contribution in [0, 0.1) is 19.8 Å². The van der Waals surface area contributed by atoms with Gasteiger partial charge in [-0.15, -0.1) is 0 Å². The second-order valence-electron chi connectivity index (χ2n) is 6.13. The molecule has 0 aliphatic rings. The van der Waals surface area contributed by atoms with Crippen LogP contribution in [0.5, 0.6) is 0 Å². The standard InChI is InChI=1S/C18H20N2O3/c1-10(2)9-19-18(21)15-6-5-13(14-7-8-22-17(14)15)16-11(3)20-23-12(16)4/h5-8,10H,9H2,1-4H3,(H,19,21). The van der Waals surface area contributed by atoms with Crippen LogP contribution >= 0.6 is 0 Å². The van der Waals surface area contributed by atoms with E-state index < -0.39 is 0 Å². The molecule has 1 amide bonds. The van der Waals surface area contributed by atoms with E-state index in [0.717, 1.165) is 28.0 Å². The third-order valence-corrected chi connectivity index (χ3v) is 3.83. The minimum Gasteiger partial charge on any atom is -0.463 e. The highest BCUT2D eigenvalue weighted by atomic mass is 16.5. The third-order valence-electron chi connectivity index (χ3n) is 3.83. The molecule has 3 aromatic rings. The lowest BCUT2D eigenvalue weighted by Gasteiger charge is -2.09. The van der Waals surface area contributed by atoms with Crippen molar-refractivity contribution in [3.05, 3.63) is 41.5 Å². The predicted octanol–water partition coefficient (Wildman–Crippen LogP) is 4.09. The van der Waals surface area contributed by atoms with Crippen LogP contribution in [0.2, 0.25) is 0 Å². The molecule has 0 saturated carbocycles. The van der Waals surface area contributed by atoms with Gasteiger partial charge in [0.2, 0.25) is 0 Å². The summed E-state index contributed by atoms with van der Waals surface area (Å²) in [6.07, 6.45) is 1.60. The van der Waals surface area contributed by atoms with Crippen molar-refractivity contribution < 1.29 is 13.7 Å². The normalized spacial score (nSPS) is 11.3. The maximum atomic E-state index is 12.4. The number of rotatable bonds is 4. The molecule has 3 rings (SSSR count). The molecule has 2 aromatic heterocycles. The van der Waals surface area contributed by atoms with E-state index in [-0.39, 0.29) is 5.91 Å². The fraction of sp³-hybridized carbons (Fsp3) is 0.333. The quantitative estimate of drug-likeness (QED) is 0.788. The average Bonchev–Trinajstić information content (AvgIpc) is 3.11. The molecular formula is C18H20N2O3. The Bertz CT molecular complexity index is 839. The first-order valence-corrected chi connectivity index (χ1v) is 7.70. The molecule has 0 unspecified atom stereocenters. The molecule has 0 fully saturated rings. The van der Waals surface area contributed by atoms with Gasteiger partial charge in [-0.05, 0) is 37.5 Å². The van der Waals surface area contributed by atoms with Gasteiger partial charge in [0.1, 0.15) is 11.3 Å².